The van der Waals surface area contributed by atoms with Crippen LogP contribution >= 0.6 is 12.2 Å². The number of nitrogens with one attached hydrogen (secondary N) is 1. The second-order valence-electron chi connectivity index (χ2n) is 4.49. The summed E-state index contributed by atoms with van der Waals surface area (Å²) in [5.74, 6) is 0. The van der Waals surface area contributed by atoms with E-state index in [4.69, 9.17) is 12.2 Å². The molecule has 1 N–H and O–H groups in total. The molecule has 5 nitrogen and oxygen atoms in total. The monoisotopic (exact) mass is 277 g/mol. The molecule has 2 heterocycles. The summed E-state index contributed by atoms with van der Waals surface area (Å²) in [7, 11) is 0. The minimum atomic E-state index is 0.703. The highest BCUT2D eigenvalue weighted by molar-refractivity contribution is 7.80. The molecule has 0 radical (unpaired) electrons. The molecule has 0 unspecified atom stereocenters. The first kappa shape index (κ1) is 13.9. The number of piperidine rings is 1. The van der Waals surface area contributed by atoms with Crippen molar-refractivity contribution >= 4 is 23.0 Å². The average Bonchev–Trinajstić information content (AvgIpc) is 2.49. The van der Waals surface area contributed by atoms with E-state index in [1.54, 1.807) is 6.20 Å². The van der Waals surface area contributed by atoms with Crippen LogP contribution in [-0.4, -0.2) is 39.0 Å². The van der Waals surface area contributed by atoms with Gasteiger partial charge in [-0.15, -0.1) is 5.10 Å². The summed E-state index contributed by atoms with van der Waals surface area (Å²) in [5, 5.41) is 13.0. The van der Waals surface area contributed by atoms with Gasteiger partial charge in [0.15, 0.2) is 5.11 Å². The third-order valence-corrected chi connectivity index (χ3v) is 3.48. The summed E-state index contributed by atoms with van der Waals surface area (Å²) in [6.07, 6.45) is 6.14. The molecule has 0 aliphatic carbocycles. The Hall–Kier alpha value is -1.56. The summed E-state index contributed by atoms with van der Waals surface area (Å²) in [6.45, 7) is 4.08. The highest BCUT2D eigenvalue weighted by atomic mass is 32.1. The summed E-state index contributed by atoms with van der Waals surface area (Å²) in [5.41, 5.74) is 4.64. The third kappa shape index (κ3) is 3.96. The molecule has 1 saturated heterocycles. The van der Waals surface area contributed by atoms with Gasteiger partial charge in [0.2, 0.25) is 0 Å². The van der Waals surface area contributed by atoms with Gasteiger partial charge in [0.05, 0.1) is 5.71 Å². The Kier molecular flexibility index (Phi) is 5.20. The molecule has 2 rings (SSSR count). The van der Waals surface area contributed by atoms with Crippen molar-refractivity contribution in [1.29, 1.82) is 0 Å². The summed E-state index contributed by atoms with van der Waals surface area (Å²) in [4.78, 5) is 2.17. The van der Waals surface area contributed by atoms with E-state index < -0.39 is 0 Å². The van der Waals surface area contributed by atoms with Crippen molar-refractivity contribution in [2.75, 3.05) is 13.1 Å². The van der Waals surface area contributed by atoms with Gasteiger partial charge in [-0.3, -0.25) is 5.43 Å². The average molecular weight is 277 g/mol. The SMILES string of the molecule is CC/C(=N/NC(=S)N1CCCCC1)c1cccnn1. The number of thiocarbonyl (C=S) groups is 1. The zero-order valence-corrected chi connectivity index (χ0v) is 12.0. The fourth-order valence-corrected chi connectivity index (χ4v) is 2.28. The van der Waals surface area contributed by atoms with Crippen LogP contribution in [0.3, 0.4) is 0 Å². The van der Waals surface area contributed by atoms with Gasteiger partial charge in [-0.05, 0) is 50.0 Å². The van der Waals surface area contributed by atoms with E-state index in [2.05, 4.69) is 25.6 Å². The van der Waals surface area contributed by atoms with Crippen LogP contribution in [0.2, 0.25) is 0 Å². The largest absolute Gasteiger partial charge is 0.348 e. The van der Waals surface area contributed by atoms with Crippen LogP contribution in [-0.2, 0) is 0 Å². The standard InChI is InChI=1S/C13H19N5S/c1-2-11(12-7-6-8-14-15-12)16-17-13(19)18-9-4-3-5-10-18/h6-8H,2-5,9-10H2,1H3,(H,17,19)/b16-11-. The molecular weight excluding hydrogens is 258 g/mol. The second kappa shape index (κ2) is 7.13. The Bertz CT molecular complexity index is 440. The molecule has 1 aliphatic rings. The van der Waals surface area contributed by atoms with E-state index >= 15 is 0 Å². The number of rotatable bonds is 3. The lowest BCUT2D eigenvalue weighted by molar-refractivity contribution is 0.338. The van der Waals surface area contributed by atoms with Crippen molar-refractivity contribution in [2.45, 2.75) is 32.6 Å². The highest BCUT2D eigenvalue weighted by Crippen LogP contribution is 2.08. The fourth-order valence-electron chi connectivity index (χ4n) is 2.06. The van der Waals surface area contributed by atoms with Crippen molar-refractivity contribution in [2.24, 2.45) is 5.10 Å². The number of aromatic nitrogens is 2. The molecule has 1 fully saturated rings. The number of hydrazone groups is 1. The zero-order valence-electron chi connectivity index (χ0n) is 11.2. The van der Waals surface area contributed by atoms with Crippen molar-refractivity contribution in [1.82, 2.24) is 20.5 Å². The number of nitrogens with zero attached hydrogens (tertiary/aromatic N) is 4. The Labute approximate surface area is 119 Å². The maximum atomic E-state index is 5.36. The minimum Gasteiger partial charge on any atom is -0.348 e. The molecule has 1 aliphatic heterocycles. The molecule has 0 amide bonds. The Morgan fingerprint density at radius 1 is 1.42 bits per heavy atom. The van der Waals surface area contributed by atoms with Crippen LogP contribution < -0.4 is 5.43 Å². The Morgan fingerprint density at radius 2 is 2.21 bits per heavy atom. The van der Waals surface area contributed by atoms with Gasteiger partial charge in [-0.2, -0.15) is 10.2 Å². The predicted molar refractivity (Wildman–Crippen MR) is 80.0 cm³/mol. The Morgan fingerprint density at radius 3 is 2.84 bits per heavy atom. The van der Waals surface area contributed by atoms with Crippen LogP contribution in [0.1, 0.15) is 38.3 Å². The minimum absolute atomic E-state index is 0.703. The van der Waals surface area contributed by atoms with Crippen LogP contribution in [0.4, 0.5) is 0 Å². The van der Waals surface area contributed by atoms with E-state index in [1.807, 2.05) is 19.1 Å². The molecule has 1 aromatic rings. The van der Waals surface area contributed by atoms with Crippen LogP contribution in [0, 0.1) is 0 Å². The first-order chi connectivity index (χ1) is 9.31. The molecule has 0 saturated carbocycles. The number of likely N-dealkylation sites (tertiary alicyclic amines) is 1. The number of hydrogen-bond acceptors (Lipinski definition) is 4. The zero-order chi connectivity index (χ0) is 13.5. The summed E-state index contributed by atoms with van der Waals surface area (Å²) < 4.78 is 0. The van der Waals surface area contributed by atoms with Gasteiger partial charge < -0.3 is 4.90 Å². The third-order valence-electron chi connectivity index (χ3n) is 3.13. The van der Waals surface area contributed by atoms with E-state index in [9.17, 15) is 0 Å². The van der Waals surface area contributed by atoms with Gasteiger partial charge in [0.1, 0.15) is 5.69 Å². The molecule has 6 heteroatoms. The van der Waals surface area contributed by atoms with Crippen LogP contribution in [0.25, 0.3) is 0 Å². The fraction of sp³-hybridized carbons (Fsp3) is 0.538. The molecule has 0 aromatic carbocycles. The first-order valence-corrected chi connectivity index (χ1v) is 7.11. The van der Waals surface area contributed by atoms with E-state index in [0.29, 0.717) is 5.11 Å². The van der Waals surface area contributed by atoms with Crippen molar-refractivity contribution in [3.8, 4) is 0 Å². The molecular formula is C13H19N5S. The number of hydrogen-bond donors (Lipinski definition) is 1. The van der Waals surface area contributed by atoms with Gasteiger partial charge in [-0.1, -0.05) is 6.92 Å². The highest BCUT2D eigenvalue weighted by Gasteiger charge is 2.13. The van der Waals surface area contributed by atoms with E-state index in [-0.39, 0.29) is 0 Å². The lowest BCUT2D eigenvalue weighted by atomic mass is 10.1. The predicted octanol–water partition coefficient (Wildman–Crippen LogP) is 1.95. The van der Waals surface area contributed by atoms with Crippen LogP contribution in [0.5, 0.6) is 0 Å². The maximum absolute atomic E-state index is 5.36. The summed E-state index contributed by atoms with van der Waals surface area (Å²) in [6, 6.07) is 3.76. The van der Waals surface area contributed by atoms with Crippen molar-refractivity contribution in [3.63, 3.8) is 0 Å². The summed E-state index contributed by atoms with van der Waals surface area (Å²) >= 11 is 5.36. The molecule has 0 spiro atoms. The maximum Gasteiger partial charge on any atom is 0.189 e. The van der Waals surface area contributed by atoms with Crippen LogP contribution in [0.15, 0.2) is 23.4 Å². The van der Waals surface area contributed by atoms with Gasteiger partial charge in [0.25, 0.3) is 0 Å². The lowest BCUT2D eigenvalue weighted by Gasteiger charge is -2.28. The molecule has 1 aromatic heterocycles. The van der Waals surface area contributed by atoms with Gasteiger partial charge >= 0.3 is 0 Å². The van der Waals surface area contributed by atoms with Crippen molar-refractivity contribution in [3.05, 3.63) is 24.0 Å². The second-order valence-corrected chi connectivity index (χ2v) is 4.87. The topological polar surface area (TPSA) is 53.4 Å². The Balaban J connectivity index is 1.97. The molecule has 0 atom stereocenters. The molecule has 0 bridgehead atoms. The van der Waals surface area contributed by atoms with Gasteiger partial charge in [-0.25, -0.2) is 0 Å². The lowest BCUT2D eigenvalue weighted by Crippen LogP contribution is -2.41. The van der Waals surface area contributed by atoms with Gasteiger partial charge in [0, 0.05) is 19.3 Å². The first-order valence-electron chi connectivity index (χ1n) is 6.71. The normalized spacial score (nSPS) is 16.3. The quantitative estimate of drug-likeness (QED) is 0.520. The van der Waals surface area contributed by atoms with Crippen molar-refractivity contribution < 1.29 is 0 Å². The smallest absolute Gasteiger partial charge is 0.189 e. The van der Waals surface area contributed by atoms with E-state index in [1.165, 1.54) is 19.3 Å². The molecule has 102 valence electrons. The van der Waals surface area contributed by atoms with E-state index in [0.717, 1.165) is 30.9 Å². The molecule has 19 heavy (non-hydrogen) atoms.